The summed E-state index contributed by atoms with van der Waals surface area (Å²) >= 11 is 1.35. The molecule has 2 aromatic rings. The fraction of sp³-hybridized carbons (Fsp3) is 0.389. The zero-order chi connectivity index (χ0) is 17.5. The number of thiazole rings is 1. The average molecular weight is 345 g/mol. The topological polar surface area (TPSA) is 62.3 Å². The highest BCUT2D eigenvalue weighted by molar-refractivity contribution is 7.13. The molecule has 1 aromatic carbocycles. The minimum Gasteiger partial charge on any atom is -0.296 e. The summed E-state index contributed by atoms with van der Waals surface area (Å²) in [6, 6.07) is 5.28. The van der Waals surface area contributed by atoms with Crippen molar-refractivity contribution >= 4 is 34.0 Å². The number of Topliss-reactive ketones (excluding diaryl/α,β-unsaturated/α-hetero) is 1. The number of carbonyl (C=O) groups is 2. The van der Waals surface area contributed by atoms with Crippen LogP contribution in [0.4, 0.5) is 15.6 Å². The number of aromatic nitrogens is 1. The maximum absolute atomic E-state index is 12.6. The highest BCUT2D eigenvalue weighted by Crippen LogP contribution is 2.24. The van der Waals surface area contributed by atoms with Gasteiger partial charge in [-0.05, 0) is 25.5 Å². The van der Waals surface area contributed by atoms with E-state index >= 15 is 0 Å². The van der Waals surface area contributed by atoms with Gasteiger partial charge in [-0.2, -0.15) is 0 Å². The minimum absolute atomic E-state index is 0.0797. The van der Waals surface area contributed by atoms with Crippen LogP contribution >= 0.6 is 11.3 Å². The molecule has 1 N–H and O–H groups in total. The number of hydrogen-bond donors (Lipinski definition) is 1. The lowest BCUT2D eigenvalue weighted by Crippen LogP contribution is -2.32. The Morgan fingerprint density at radius 2 is 2.08 bits per heavy atom. The van der Waals surface area contributed by atoms with E-state index in [1.54, 1.807) is 18.6 Å². The molecule has 1 heterocycles. The molecule has 2 amide bonds. The standard InChI is InChI=1S/C18H23N3O2S/c1-4-5-6-7-16(22)14-12-13(2)8-9-15(14)21(3)18(23)20-17-19-10-11-24-17/h8-12H,4-7H2,1-3H3,(H,19,20,23). The van der Waals surface area contributed by atoms with Crippen molar-refractivity contribution in [2.75, 3.05) is 17.3 Å². The van der Waals surface area contributed by atoms with E-state index in [2.05, 4.69) is 17.2 Å². The lowest BCUT2D eigenvalue weighted by molar-refractivity contribution is 0.0980. The van der Waals surface area contributed by atoms with Crippen LogP contribution in [0.25, 0.3) is 0 Å². The molecule has 0 aliphatic carbocycles. The predicted octanol–water partition coefficient (Wildman–Crippen LogP) is 4.88. The van der Waals surface area contributed by atoms with E-state index in [9.17, 15) is 9.59 Å². The normalized spacial score (nSPS) is 10.5. The van der Waals surface area contributed by atoms with E-state index in [4.69, 9.17) is 0 Å². The lowest BCUT2D eigenvalue weighted by atomic mass is 10.0. The maximum atomic E-state index is 12.6. The monoisotopic (exact) mass is 345 g/mol. The van der Waals surface area contributed by atoms with Gasteiger partial charge in [-0.15, -0.1) is 11.3 Å². The molecule has 0 saturated heterocycles. The molecular formula is C18H23N3O2S. The van der Waals surface area contributed by atoms with Gasteiger partial charge in [0.1, 0.15) is 0 Å². The number of anilines is 2. The zero-order valence-corrected chi connectivity index (χ0v) is 15.2. The van der Waals surface area contributed by atoms with Gasteiger partial charge in [0, 0.05) is 30.6 Å². The number of amides is 2. The van der Waals surface area contributed by atoms with Crippen LogP contribution in [0.2, 0.25) is 0 Å². The third-order valence-corrected chi connectivity index (χ3v) is 4.46. The van der Waals surface area contributed by atoms with Gasteiger partial charge in [0.05, 0.1) is 5.69 Å². The van der Waals surface area contributed by atoms with Gasteiger partial charge in [-0.25, -0.2) is 9.78 Å². The largest absolute Gasteiger partial charge is 0.327 e. The third-order valence-electron chi connectivity index (χ3n) is 3.77. The Hall–Kier alpha value is -2.21. The number of ketones is 1. The van der Waals surface area contributed by atoms with Crippen LogP contribution in [0.15, 0.2) is 29.8 Å². The fourth-order valence-electron chi connectivity index (χ4n) is 2.41. The Kier molecular flexibility index (Phi) is 6.49. The number of nitrogens with one attached hydrogen (secondary N) is 1. The van der Waals surface area contributed by atoms with Crippen LogP contribution in [-0.4, -0.2) is 23.8 Å². The third kappa shape index (κ3) is 4.64. The minimum atomic E-state index is -0.309. The van der Waals surface area contributed by atoms with Crippen LogP contribution in [0.1, 0.15) is 48.5 Å². The van der Waals surface area contributed by atoms with Crippen molar-refractivity contribution in [3.05, 3.63) is 40.9 Å². The Bertz CT molecular complexity index is 698. The second-order valence-electron chi connectivity index (χ2n) is 5.73. The van der Waals surface area contributed by atoms with Crippen LogP contribution < -0.4 is 10.2 Å². The number of nitrogens with zero attached hydrogens (tertiary/aromatic N) is 2. The van der Waals surface area contributed by atoms with E-state index in [0.29, 0.717) is 22.8 Å². The summed E-state index contributed by atoms with van der Waals surface area (Å²) in [7, 11) is 1.66. The van der Waals surface area contributed by atoms with Crippen LogP contribution in [0.3, 0.4) is 0 Å². The molecule has 0 aliphatic heterocycles. The second kappa shape index (κ2) is 8.59. The van der Waals surface area contributed by atoms with Crippen molar-refractivity contribution in [2.24, 2.45) is 0 Å². The first kappa shape index (κ1) is 18.1. The first-order valence-corrected chi connectivity index (χ1v) is 8.99. The smallest absolute Gasteiger partial charge is 0.296 e. The summed E-state index contributed by atoms with van der Waals surface area (Å²) in [6.07, 6.45) is 5.12. The lowest BCUT2D eigenvalue weighted by Gasteiger charge is -2.20. The second-order valence-corrected chi connectivity index (χ2v) is 6.62. The fourth-order valence-corrected chi connectivity index (χ4v) is 2.92. The zero-order valence-electron chi connectivity index (χ0n) is 14.3. The van der Waals surface area contributed by atoms with Gasteiger partial charge in [-0.1, -0.05) is 31.4 Å². The molecule has 1 aromatic heterocycles. The Labute approximate surface area is 146 Å². The number of rotatable bonds is 7. The number of aryl methyl sites for hydroxylation is 1. The van der Waals surface area contributed by atoms with Crippen molar-refractivity contribution in [1.29, 1.82) is 0 Å². The molecule has 0 radical (unpaired) electrons. The molecule has 0 saturated carbocycles. The number of benzene rings is 1. The van der Waals surface area contributed by atoms with E-state index < -0.39 is 0 Å². The highest BCUT2D eigenvalue weighted by atomic mass is 32.1. The molecular weight excluding hydrogens is 322 g/mol. The molecule has 0 aliphatic rings. The van der Waals surface area contributed by atoms with Crippen LogP contribution in [0.5, 0.6) is 0 Å². The molecule has 6 heteroatoms. The summed E-state index contributed by atoms with van der Waals surface area (Å²) < 4.78 is 0. The number of unbranched alkanes of at least 4 members (excludes halogenated alkanes) is 2. The Morgan fingerprint density at radius 3 is 2.75 bits per heavy atom. The molecule has 0 bridgehead atoms. The van der Waals surface area contributed by atoms with Crippen molar-refractivity contribution in [2.45, 2.75) is 39.5 Å². The SMILES string of the molecule is CCCCCC(=O)c1cc(C)ccc1N(C)C(=O)Nc1nccs1. The van der Waals surface area contributed by atoms with Crippen LogP contribution in [-0.2, 0) is 0 Å². The molecule has 2 rings (SSSR count). The van der Waals surface area contributed by atoms with Crippen molar-refractivity contribution < 1.29 is 9.59 Å². The first-order valence-electron chi connectivity index (χ1n) is 8.11. The molecule has 128 valence electrons. The quantitative estimate of drug-likeness (QED) is 0.574. The maximum Gasteiger partial charge on any atom is 0.327 e. The van der Waals surface area contributed by atoms with Gasteiger partial charge >= 0.3 is 6.03 Å². The van der Waals surface area contributed by atoms with Gasteiger partial charge in [0.15, 0.2) is 10.9 Å². The van der Waals surface area contributed by atoms with Crippen molar-refractivity contribution in [3.63, 3.8) is 0 Å². The van der Waals surface area contributed by atoms with Crippen LogP contribution in [0, 0.1) is 6.92 Å². The van der Waals surface area contributed by atoms with E-state index in [1.807, 2.05) is 25.1 Å². The van der Waals surface area contributed by atoms with Crippen molar-refractivity contribution in [3.8, 4) is 0 Å². The Morgan fingerprint density at radius 1 is 1.29 bits per heavy atom. The molecule has 0 atom stereocenters. The van der Waals surface area contributed by atoms with Gasteiger partial charge in [0.25, 0.3) is 0 Å². The molecule has 0 unspecified atom stereocenters. The number of hydrogen-bond acceptors (Lipinski definition) is 4. The van der Waals surface area contributed by atoms with Gasteiger partial charge < -0.3 is 0 Å². The van der Waals surface area contributed by atoms with Gasteiger partial charge in [0.2, 0.25) is 0 Å². The first-order chi connectivity index (χ1) is 11.5. The summed E-state index contributed by atoms with van der Waals surface area (Å²) in [5.41, 5.74) is 2.23. The van der Waals surface area contributed by atoms with E-state index in [0.717, 1.165) is 24.8 Å². The summed E-state index contributed by atoms with van der Waals surface area (Å²) in [4.78, 5) is 30.5. The summed E-state index contributed by atoms with van der Waals surface area (Å²) in [6.45, 7) is 4.06. The highest BCUT2D eigenvalue weighted by Gasteiger charge is 2.19. The van der Waals surface area contributed by atoms with Gasteiger partial charge in [-0.3, -0.25) is 15.0 Å². The summed E-state index contributed by atoms with van der Waals surface area (Å²) in [5.74, 6) is 0.0797. The van der Waals surface area contributed by atoms with E-state index in [1.165, 1.54) is 16.2 Å². The van der Waals surface area contributed by atoms with E-state index in [-0.39, 0.29) is 11.8 Å². The molecule has 5 nitrogen and oxygen atoms in total. The molecule has 24 heavy (non-hydrogen) atoms. The number of urea groups is 1. The predicted molar refractivity (Wildman–Crippen MR) is 99.2 cm³/mol. The van der Waals surface area contributed by atoms with Crippen molar-refractivity contribution in [1.82, 2.24) is 4.98 Å². The number of carbonyl (C=O) groups excluding carboxylic acids is 2. The average Bonchev–Trinajstić information content (AvgIpc) is 3.07. The molecule has 0 fully saturated rings. The summed E-state index contributed by atoms with van der Waals surface area (Å²) in [5, 5.41) is 5.07. The molecule has 0 spiro atoms. The Balaban J connectivity index is 2.18.